The molecule has 0 bridgehead atoms. The van der Waals surface area contributed by atoms with Crippen LogP contribution in [0.5, 0.6) is 0 Å². The molecule has 1 aromatic carbocycles. The zero-order valence-corrected chi connectivity index (χ0v) is 15.4. The van der Waals surface area contributed by atoms with Crippen LogP contribution in [0, 0.1) is 5.41 Å². The average Bonchev–Trinajstić information content (AvgIpc) is 3.10. The maximum absolute atomic E-state index is 10.1. The Balaban J connectivity index is 1.56. The summed E-state index contributed by atoms with van der Waals surface area (Å²) >= 11 is 0. The fraction of sp³-hybridized carbons (Fsp3) is 0.571. The Morgan fingerprint density at radius 2 is 2.08 bits per heavy atom. The lowest BCUT2D eigenvalue weighted by atomic mass is 9.76. The summed E-state index contributed by atoms with van der Waals surface area (Å²) < 4.78 is 2.21. The van der Waals surface area contributed by atoms with Crippen molar-refractivity contribution in [3.63, 3.8) is 0 Å². The largest absolute Gasteiger partial charge is 0.396 e. The average molecular weight is 341 g/mol. The van der Waals surface area contributed by atoms with Crippen LogP contribution >= 0.6 is 0 Å². The van der Waals surface area contributed by atoms with Crippen LogP contribution in [0.25, 0.3) is 0 Å². The molecule has 3 rings (SSSR count). The van der Waals surface area contributed by atoms with Crippen molar-refractivity contribution in [3.8, 4) is 0 Å². The van der Waals surface area contributed by atoms with E-state index in [0.29, 0.717) is 6.61 Å². The minimum atomic E-state index is 0.0522. The van der Waals surface area contributed by atoms with Crippen molar-refractivity contribution in [2.24, 2.45) is 5.41 Å². The molecule has 0 amide bonds. The Morgan fingerprint density at radius 3 is 2.84 bits per heavy atom. The van der Waals surface area contributed by atoms with Crippen LogP contribution in [0.2, 0.25) is 0 Å². The van der Waals surface area contributed by atoms with Gasteiger partial charge in [-0.1, -0.05) is 30.3 Å². The number of aliphatic hydroxyl groups excluding tert-OH is 1. The van der Waals surface area contributed by atoms with Gasteiger partial charge in [0.25, 0.3) is 0 Å². The minimum absolute atomic E-state index is 0.0522. The third-order valence-corrected chi connectivity index (χ3v) is 5.60. The van der Waals surface area contributed by atoms with E-state index < -0.39 is 0 Å². The smallest absolute Gasteiger partial charge is 0.122 e. The molecule has 1 aromatic heterocycles. The van der Waals surface area contributed by atoms with Gasteiger partial charge >= 0.3 is 0 Å². The first-order chi connectivity index (χ1) is 12.2. The third kappa shape index (κ3) is 4.71. The zero-order chi connectivity index (χ0) is 17.5. The molecule has 1 unspecified atom stereocenters. The van der Waals surface area contributed by atoms with Crippen LogP contribution in [0.4, 0.5) is 0 Å². The number of benzene rings is 1. The van der Waals surface area contributed by atoms with Gasteiger partial charge in [0.15, 0.2) is 0 Å². The number of hydrogen-bond donors (Lipinski definition) is 1. The Bertz CT molecular complexity index is 640. The number of nitrogens with zero attached hydrogens (tertiary/aromatic N) is 3. The number of rotatable bonds is 8. The number of imidazole rings is 1. The quantitative estimate of drug-likeness (QED) is 0.799. The van der Waals surface area contributed by atoms with Crippen LogP contribution in [0.15, 0.2) is 42.7 Å². The maximum atomic E-state index is 10.1. The molecule has 1 aliphatic heterocycles. The normalized spacial score (nSPS) is 21.5. The highest BCUT2D eigenvalue weighted by molar-refractivity contribution is 5.14. The molecule has 1 N–H and O–H groups in total. The van der Waals surface area contributed by atoms with Gasteiger partial charge in [-0.25, -0.2) is 4.98 Å². The van der Waals surface area contributed by atoms with Gasteiger partial charge in [0.05, 0.1) is 6.54 Å². The van der Waals surface area contributed by atoms with E-state index >= 15 is 0 Å². The molecule has 4 heteroatoms. The topological polar surface area (TPSA) is 41.3 Å². The second-order valence-electron chi connectivity index (χ2n) is 7.44. The molecular formula is C21H31N3O. The lowest BCUT2D eigenvalue weighted by molar-refractivity contribution is 0.0194. The molecule has 0 aliphatic carbocycles. The summed E-state index contributed by atoms with van der Waals surface area (Å²) in [5.41, 5.74) is 1.45. The van der Waals surface area contributed by atoms with Crippen molar-refractivity contribution in [3.05, 3.63) is 54.1 Å². The van der Waals surface area contributed by atoms with E-state index in [1.54, 1.807) is 0 Å². The number of likely N-dealkylation sites (tertiary alicyclic amines) is 1. The lowest BCUT2D eigenvalue weighted by Crippen LogP contribution is -2.45. The van der Waals surface area contributed by atoms with E-state index in [2.05, 4.69) is 57.9 Å². The number of piperidine rings is 1. The van der Waals surface area contributed by atoms with E-state index in [1.807, 2.05) is 6.20 Å². The monoisotopic (exact) mass is 341 g/mol. The van der Waals surface area contributed by atoms with Crippen LogP contribution in [-0.4, -0.2) is 39.3 Å². The van der Waals surface area contributed by atoms with Gasteiger partial charge in [-0.05, 0) is 51.1 Å². The summed E-state index contributed by atoms with van der Waals surface area (Å²) in [5, 5.41) is 10.1. The Kier molecular flexibility index (Phi) is 6.27. The van der Waals surface area contributed by atoms with Crippen LogP contribution in [0.1, 0.15) is 44.0 Å². The molecule has 2 aromatic rings. The van der Waals surface area contributed by atoms with E-state index in [4.69, 9.17) is 0 Å². The molecule has 1 saturated heterocycles. The van der Waals surface area contributed by atoms with Gasteiger partial charge in [-0.15, -0.1) is 0 Å². The highest BCUT2D eigenvalue weighted by atomic mass is 16.3. The molecule has 0 saturated carbocycles. The fourth-order valence-corrected chi connectivity index (χ4v) is 4.15. The highest BCUT2D eigenvalue weighted by Gasteiger charge is 2.34. The van der Waals surface area contributed by atoms with Crippen LogP contribution in [0.3, 0.4) is 0 Å². The molecule has 0 radical (unpaired) electrons. The third-order valence-electron chi connectivity index (χ3n) is 5.60. The molecule has 25 heavy (non-hydrogen) atoms. The second-order valence-corrected chi connectivity index (χ2v) is 7.44. The molecule has 4 nitrogen and oxygen atoms in total. The maximum Gasteiger partial charge on any atom is 0.122 e. The minimum Gasteiger partial charge on any atom is -0.396 e. The van der Waals surface area contributed by atoms with Crippen molar-refractivity contribution >= 4 is 0 Å². The summed E-state index contributed by atoms with van der Waals surface area (Å²) in [6.07, 6.45) is 9.58. The summed E-state index contributed by atoms with van der Waals surface area (Å²) in [6.45, 7) is 6.39. The van der Waals surface area contributed by atoms with E-state index in [9.17, 15) is 5.11 Å². The number of aliphatic hydroxyl groups is 1. The van der Waals surface area contributed by atoms with E-state index in [1.165, 1.54) is 12.0 Å². The van der Waals surface area contributed by atoms with Crippen molar-refractivity contribution in [2.45, 2.75) is 52.1 Å². The molecule has 1 atom stereocenters. The summed E-state index contributed by atoms with van der Waals surface area (Å²) in [6, 6.07) is 10.7. The number of aryl methyl sites for hydroxylation is 2. The molecule has 1 fully saturated rings. The second kappa shape index (κ2) is 8.63. The first kappa shape index (κ1) is 18.2. The predicted molar refractivity (Wildman–Crippen MR) is 101 cm³/mol. The van der Waals surface area contributed by atoms with E-state index in [-0.39, 0.29) is 5.41 Å². The van der Waals surface area contributed by atoms with Gasteiger partial charge in [-0.2, -0.15) is 0 Å². The van der Waals surface area contributed by atoms with Crippen molar-refractivity contribution in [1.82, 2.24) is 14.5 Å². The summed E-state index contributed by atoms with van der Waals surface area (Å²) in [5.74, 6) is 1.14. The van der Waals surface area contributed by atoms with Crippen LogP contribution < -0.4 is 0 Å². The molecule has 136 valence electrons. The Morgan fingerprint density at radius 1 is 1.24 bits per heavy atom. The fourth-order valence-electron chi connectivity index (χ4n) is 4.15. The Labute approximate surface area is 151 Å². The highest BCUT2D eigenvalue weighted by Crippen LogP contribution is 2.35. The zero-order valence-electron chi connectivity index (χ0n) is 15.4. The molecule has 2 heterocycles. The lowest BCUT2D eigenvalue weighted by Gasteiger charge is -2.42. The predicted octanol–water partition coefficient (Wildman–Crippen LogP) is 3.50. The first-order valence-corrected chi connectivity index (χ1v) is 9.62. The van der Waals surface area contributed by atoms with Gasteiger partial charge in [0.1, 0.15) is 5.82 Å². The summed E-state index contributed by atoms with van der Waals surface area (Å²) in [7, 11) is 0. The Hall–Kier alpha value is -1.65. The van der Waals surface area contributed by atoms with Crippen molar-refractivity contribution in [2.75, 3.05) is 19.7 Å². The molecular weight excluding hydrogens is 310 g/mol. The van der Waals surface area contributed by atoms with Crippen LogP contribution in [-0.2, 0) is 19.5 Å². The molecule has 1 aliphatic rings. The number of hydrogen-bond acceptors (Lipinski definition) is 3. The van der Waals surface area contributed by atoms with E-state index in [0.717, 1.165) is 57.7 Å². The van der Waals surface area contributed by atoms with Crippen molar-refractivity contribution < 1.29 is 5.11 Å². The molecule has 0 spiro atoms. The first-order valence-electron chi connectivity index (χ1n) is 9.62. The van der Waals surface area contributed by atoms with Gasteiger partial charge < -0.3 is 9.67 Å². The number of aromatic nitrogens is 2. The van der Waals surface area contributed by atoms with Crippen molar-refractivity contribution in [1.29, 1.82) is 0 Å². The SMILES string of the molecule is CCn1ccnc1CN1CCCC(CO)(CCCc2ccccc2)C1. The van der Waals surface area contributed by atoms with Gasteiger partial charge in [0, 0.05) is 37.5 Å². The van der Waals surface area contributed by atoms with Gasteiger partial charge in [-0.3, -0.25) is 4.90 Å². The summed E-state index contributed by atoms with van der Waals surface area (Å²) in [4.78, 5) is 7.00. The standard InChI is InChI=1S/C21H31N3O/c1-2-24-15-13-22-20(24)16-23-14-7-12-21(17-23,18-25)11-6-10-19-8-4-3-5-9-19/h3-5,8-9,13,15,25H,2,6-7,10-12,14,16-18H2,1H3. The van der Waals surface area contributed by atoms with Gasteiger partial charge in [0.2, 0.25) is 0 Å².